The topological polar surface area (TPSA) is 33.2 Å². The van der Waals surface area contributed by atoms with Crippen LogP contribution in [-0.4, -0.2) is 28.9 Å². The van der Waals surface area contributed by atoms with Gasteiger partial charge in [0.25, 0.3) is 5.91 Å². The van der Waals surface area contributed by atoms with E-state index in [4.69, 9.17) is 4.98 Å². The minimum Gasteiger partial charge on any atom is -0.338 e. The molecule has 4 heteroatoms. The highest BCUT2D eigenvalue weighted by molar-refractivity contribution is 7.18. The van der Waals surface area contributed by atoms with Crippen LogP contribution in [0.3, 0.4) is 0 Å². The first-order valence-corrected chi connectivity index (χ1v) is 10.2. The van der Waals surface area contributed by atoms with E-state index in [1.807, 2.05) is 23.1 Å². The molecule has 2 heterocycles. The van der Waals surface area contributed by atoms with Crippen LogP contribution in [0.15, 0.2) is 48.5 Å². The van der Waals surface area contributed by atoms with Crippen molar-refractivity contribution in [1.29, 1.82) is 0 Å². The van der Waals surface area contributed by atoms with Gasteiger partial charge in [-0.15, -0.1) is 11.3 Å². The summed E-state index contributed by atoms with van der Waals surface area (Å²) in [6.45, 7) is 5.95. The molecule has 0 aliphatic carbocycles. The third-order valence-corrected chi connectivity index (χ3v) is 6.39. The number of carbonyl (C=O) groups is 1. The summed E-state index contributed by atoms with van der Waals surface area (Å²) in [7, 11) is 0. The molecule has 1 aromatic heterocycles. The largest absolute Gasteiger partial charge is 0.338 e. The van der Waals surface area contributed by atoms with Gasteiger partial charge in [-0.25, -0.2) is 4.98 Å². The van der Waals surface area contributed by atoms with Gasteiger partial charge in [-0.3, -0.25) is 4.79 Å². The van der Waals surface area contributed by atoms with Crippen molar-refractivity contribution in [3.63, 3.8) is 0 Å². The molecule has 1 aliphatic heterocycles. The summed E-state index contributed by atoms with van der Waals surface area (Å²) in [6.07, 6.45) is 2.15. The number of aromatic nitrogens is 1. The average Bonchev–Trinajstić information content (AvgIpc) is 3.12. The Bertz CT molecular complexity index is 880. The van der Waals surface area contributed by atoms with Crippen LogP contribution in [0.1, 0.15) is 59.5 Å². The zero-order valence-electron chi connectivity index (χ0n) is 15.3. The van der Waals surface area contributed by atoms with Crippen LogP contribution in [-0.2, 0) is 0 Å². The highest BCUT2D eigenvalue weighted by atomic mass is 32.1. The Balaban J connectivity index is 1.51. The van der Waals surface area contributed by atoms with Gasteiger partial charge in [0.2, 0.25) is 0 Å². The Morgan fingerprint density at radius 3 is 2.65 bits per heavy atom. The van der Waals surface area contributed by atoms with Gasteiger partial charge in [0.15, 0.2) is 0 Å². The van der Waals surface area contributed by atoms with E-state index in [0.717, 1.165) is 37.0 Å². The molecule has 0 bridgehead atoms. The fourth-order valence-electron chi connectivity index (χ4n) is 3.62. The minimum absolute atomic E-state index is 0.145. The van der Waals surface area contributed by atoms with Crippen molar-refractivity contribution in [1.82, 2.24) is 9.88 Å². The summed E-state index contributed by atoms with van der Waals surface area (Å²) in [6, 6.07) is 16.4. The molecule has 0 radical (unpaired) electrons. The maximum absolute atomic E-state index is 12.9. The van der Waals surface area contributed by atoms with E-state index >= 15 is 0 Å². The zero-order valence-corrected chi connectivity index (χ0v) is 16.1. The molecular formula is C22H24N2OS. The molecular weight excluding hydrogens is 340 g/mol. The van der Waals surface area contributed by atoms with E-state index in [0.29, 0.717) is 11.8 Å². The number of benzene rings is 2. The van der Waals surface area contributed by atoms with Crippen molar-refractivity contribution in [3.05, 3.63) is 64.7 Å². The van der Waals surface area contributed by atoms with Gasteiger partial charge >= 0.3 is 0 Å². The fraction of sp³-hybridized carbons (Fsp3) is 0.364. The molecule has 1 amide bonds. The smallest absolute Gasteiger partial charge is 0.253 e. The molecule has 1 fully saturated rings. The lowest BCUT2D eigenvalue weighted by Crippen LogP contribution is -2.39. The predicted octanol–water partition coefficient (Wildman–Crippen LogP) is 5.44. The Kier molecular flexibility index (Phi) is 4.77. The number of hydrogen-bond acceptors (Lipinski definition) is 3. The molecule has 4 rings (SSSR count). The highest BCUT2D eigenvalue weighted by Gasteiger charge is 2.27. The van der Waals surface area contributed by atoms with Crippen molar-refractivity contribution in [2.45, 2.75) is 38.5 Å². The molecule has 1 aliphatic rings. The van der Waals surface area contributed by atoms with Gasteiger partial charge in [0.05, 0.1) is 15.2 Å². The second-order valence-corrected chi connectivity index (χ2v) is 8.45. The maximum atomic E-state index is 12.9. The van der Waals surface area contributed by atoms with Crippen LogP contribution < -0.4 is 0 Å². The normalized spacial score (nSPS) is 17.8. The molecule has 1 saturated heterocycles. The second kappa shape index (κ2) is 7.20. The van der Waals surface area contributed by atoms with Gasteiger partial charge < -0.3 is 4.90 Å². The van der Waals surface area contributed by atoms with Crippen molar-refractivity contribution < 1.29 is 4.79 Å². The first-order valence-electron chi connectivity index (χ1n) is 9.36. The van der Waals surface area contributed by atoms with Gasteiger partial charge in [0, 0.05) is 24.6 Å². The van der Waals surface area contributed by atoms with E-state index in [1.54, 1.807) is 11.3 Å². The maximum Gasteiger partial charge on any atom is 0.253 e. The highest BCUT2D eigenvalue weighted by Crippen LogP contribution is 2.33. The van der Waals surface area contributed by atoms with Crippen LogP contribution >= 0.6 is 11.3 Å². The number of nitrogens with zero attached hydrogens (tertiary/aromatic N) is 2. The number of thiazole rings is 1. The van der Waals surface area contributed by atoms with E-state index in [9.17, 15) is 4.79 Å². The number of hydrogen-bond donors (Lipinski definition) is 0. The Hall–Kier alpha value is -2.20. The van der Waals surface area contributed by atoms with Crippen molar-refractivity contribution >= 4 is 27.5 Å². The van der Waals surface area contributed by atoms with Gasteiger partial charge in [-0.05, 0) is 48.6 Å². The molecule has 0 N–H and O–H groups in total. The number of amides is 1. The summed E-state index contributed by atoms with van der Waals surface area (Å²) >= 11 is 1.77. The lowest BCUT2D eigenvalue weighted by Gasteiger charge is -2.32. The van der Waals surface area contributed by atoms with Crippen LogP contribution in [0.25, 0.3) is 10.2 Å². The third-order valence-electron chi connectivity index (χ3n) is 5.19. The molecule has 26 heavy (non-hydrogen) atoms. The third kappa shape index (κ3) is 3.38. The zero-order chi connectivity index (χ0) is 18.1. The number of para-hydroxylation sites is 1. The van der Waals surface area contributed by atoms with E-state index in [2.05, 4.69) is 44.2 Å². The minimum atomic E-state index is 0.145. The first-order chi connectivity index (χ1) is 12.6. The van der Waals surface area contributed by atoms with Crippen molar-refractivity contribution in [2.24, 2.45) is 0 Å². The van der Waals surface area contributed by atoms with Crippen molar-refractivity contribution in [2.75, 3.05) is 13.1 Å². The molecule has 3 nitrogen and oxygen atoms in total. The van der Waals surface area contributed by atoms with E-state index < -0.39 is 0 Å². The van der Waals surface area contributed by atoms with Gasteiger partial charge in [-0.2, -0.15) is 0 Å². The standard InChI is InChI=1S/C22H24N2OS/c1-15(2)16-9-11-17(12-10-16)22(25)24-13-5-6-18(14-24)21-23-19-7-3-4-8-20(19)26-21/h3-4,7-12,15,18H,5-6,13-14H2,1-2H3. The average molecular weight is 365 g/mol. The lowest BCUT2D eigenvalue weighted by atomic mass is 9.97. The summed E-state index contributed by atoms with van der Waals surface area (Å²) < 4.78 is 1.23. The molecule has 3 aromatic rings. The quantitative estimate of drug-likeness (QED) is 0.620. The summed E-state index contributed by atoms with van der Waals surface area (Å²) in [5.74, 6) is 0.976. The first kappa shape index (κ1) is 17.2. The Morgan fingerprint density at radius 2 is 1.92 bits per heavy atom. The van der Waals surface area contributed by atoms with E-state index in [1.165, 1.54) is 15.3 Å². The predicted molar refractivity (Wildman–Crippen MR) is 108 cm³/mol. The summed E-state index contributed by atoms with van der Waals surface area (Å²) in [5, 5.41) is 1.17. The molecule has 0 saturated carbocycles. The second-order valence-electron chi connectivity index (χ2n) is 7.39. The number of rotatable bonds is 3. The Labute approximate surface area is 158 Å². The summed E-state index contributed by atoms with van der Waals surface area (Å²) in [5.41, 5.74) is 3.13. The van der Waals surface area contributed by atoms with Gasteiger partial charge in [0.1, 0.15) is 0 Å². The number of piperidine rings is 1. The van der Waals surface area contributed by atoms with E-state index in [-0.39, 0.29) is 5.91 Å². The number of fused-ring (bicyclic) bond motifs is 1. The lowest BCUT2D eigenvalue weighted by molar-refractivity contribution is 0.0707. The van der Waals surface area contributed by atoms with Crippen LogP contribution in [0.4, 0.5) is 0 Å². The monoisotopic (exact) mass is 364 g/mol. The molecule has 1 atom stereocenters. The molecule has 134 valence electrons. The Morgan fingerprint density at radius 1 is 1.15 bits per heavy atom. The van der Waals surface area contributed by atoms with Crippen LogP contribution in [0, 0.1) is 0 Å². The molecule has 2 aromatic carbocycles. The number of carbonyl (C=O) groups excluding carboxylic acids is 1. The van der Waals surface area contributed by atoms with Crippen molar-refractivity contribution in [3.8, 4) is 0 Å². The van der Waals surface area contributed by atoms with Crippen LogP contribution in [0.2, 0.25) is 0 Å². The van der Waals surface area contributed by atoms with Crippen LogP contribution in [0.5, 0.6) is 0 Å². The van der Waals surface area contributed by atoms with Gasteiger partial charge in [-0.1, -0.05) is 38.1 Å². The fourth-order valence-corrected chi connectivity index (χ4v) is 4.71. The molecule has 0 spiro atoms. The molecule has 1 unspecified atom stereocenters. The number of likely N-dealkylation sites (tertiary alicyclic amines) is 1. The summed E-state index contributed by atoms with van der Waals surface area (Å²) in [4.78, 5) is 19.8. The SMILES string of the molecule is CC(C)c1ccc(C(=O)N2CCCC(c3nc4ccccc4s3)C2)cc1.